The maximum absolute atomic E-state index is 13.7. The van der Waals surface area contributed by atoms with E-state index in [1.807, 2.05) is 24.3 Å². The highest BCUT2D eigenvalue weighted by molar-refractivity contribution is 5.94. The molecule has 0 unspecified atom stereocenters. The zero-order valence-corrected chi connectivity index (χ0v) is 22.1. The van der Waals surface area contributed by atoms with E-state index in [4.69, 9.17) is 0 Å². The number of aliphatic hydroxyl groups excluding tert-OH is 1. The van der Waals surface area contributed by atoms with Crippen molar-refractivity contribution in [1.29, 1.82) is 0 Å². The minimum atomic E-state index is -1.12. The summed E-state index contributed by atoms with van der Waals surface area (Å²) in [6.45, 7) is 5.99. The zero-order chi connectivity index (χ0) is 28.0. The standard InChI is InChI=1S/C28H35F2N3O5/c1-17(2)20-6-5-7-21(11-20)28(15-33(16-28)26(36)13-27(37)38-4)31-14-25(35)24(32-18(3)34)10-19-8-22(29)12-23(30)9-19/h5-9,11-12,17,24-25,31,35H,10,13-16H2,1-4H3,(H,32,34)/t24-,25+/m0/s1. The predicted molar refractivity (Wildman–Crippen MR) is 137 cm³/mol. The molecular formula is C28H35F2N3O5. The van der Waals surface area contributed by atoms with E-state index in [1.54, 1.807) is 4.90 Å². The van der Waals surface area contributed by atoms with Crippen molar-refractivity contribution < 1.29 is 33.0 Å². The van der Waals surface area contributed by atoms with Crippen LogP contribution in [0.25, 0.3) is 0 Å². The summed E-state index contributed by atoms with van der Waals surface area (Å²) in [7, 11) is 1.22. The average Bonchev–Trinajstić information content (AvgIpc) is 2.81. The second kappa shape index (κ2) is 12.4. The smallest absolute Gasteiger partial charge is 0.315 e. The van der Waals surface area contributed by atoms with Gasteiger partial charge in [-0.05, 0) is 41.2 Å². The fourth-order valence-electron chi connectivity index (χ4n) is 4.65. The van der Waals surface area contributed by atoms with E-state index in [9.17, 15) is 28.3 Å². The van der Waals surface area contributed by atoms with Gasteiger partial charge in [0.15, 0.2) is 0 Å². The van der Waals surface area contributed by atoms with Gasteiger partial charge >= 0.3 is 5.97 Å². The Balaban J connectivity index is 1.80. The molecule has 1 fully saturated rings. The van der Waals surface area contributed by atoms with Crippen LogP contribution in [0, 0.1) is 11.6 Å². The van der Waals surface area contributed by atoms with Crippen LogP contribution < -0.4 is 10.6 Å². The molecule has 1 heterocycles. The summed E-state index contributed by atoms with van der Waals surface area (Å²) in [4.78, 5) is 37.5. The summed E-state index contributed by atoms with van der Waals surface area (Å²) in [5.74, 6) is -2.60. The summed E-state index contributed by atoms with van der Waals surface area (Å²) in [5.41, 5.74) is 1.61. The number of carbonyl (C=O) groups excluding carboxylic acids is 3. The van der Waals surface area contributed by atoms with Gasteiger partial charge in [-0.2, -0.15) is 0 Å². The molecule has 0 radical (unpaired) electrons. The van der Waals surface area contributed by atoms with Crippen LogP contribution in [0.15, 0.2) is 42.5 Å². The van der Waals surface area contributed by atoms with Crippen LogP contribution in [-0.2, 0) is 31.1 Å². The highest BCUT2D eigenvalue weighted by Crippen LogP contribution is 2.34. The molecule has 8 nitrogen and oxygen atoms in total. The molecular weight excluding hydrogens is 496 g/mol. The number of nitrogens with zero attached hydrogens (tertiary/aromatic N) is 1. The fourth-order valence-corrected chi connectivity index (χ4v) is 4.65. The molecule has 2 aromatic rings. The van der Waals surface area contributed by atoms with Gasteiger partial charge in [-0.25, -0.2) is 8.78 Å². The van der Waals surface area contributed by atoms with Gasteiger partial charge in [-0.3, -0.25) is 14.4 Å². The average molecular weight is 532 g/mol. The first-order valence-corrected chi connectivity index (χ1v) is 12.5. The van der Waals surface area contributed by atoms with E-state index >= 15 is 0 Å². The Labute approximate surface area is 221 Å². The Bertz CT molecular complexity index is 1150. The Morgan fingerprint density at radius 1 is 1.11 bits per heavy atom. The van der Waals surface area contributed by atoms with Crippen molar-refractivity contribution in [1.82, 2.24) is 15.5 Å². The first-order valence-electron chi connectivity index (χ1n) is 12.5. The minimum absolute atomic E-state index is 0.0106. The Morgan fingerprint density at radius 2 is 1.76 bits per heavy atom. The van der Waals surface area contributed by atoms with Crippen LogP contribution in [0.5, 0.6) is 0 Å². The van der Waals surface area contributed by atoms with E-state index in [-0.39, 0.29) is 44.3 Å². The molecule has 0 bridgehead atoms. The molecule has 1 aliphatic heterocycles. The Kier molecular flexibility index (Phi) is 9.56. The molecule has 206 valence electrons. The third-order valence-electron chi connectivity index (χ3n) is 6.78. The lowest BCUT2D eigenvalue weighted by atomic mass is 9.80. The van der Waals surface area contributed by atoms with E-state index in [0.717, 1.165) is 29.3 Å². The number of rotatable bonds is 11. The number of hydrogen-bond donors (Lipinski definition) is 3. The van der Waals surface area contributed by atoms with Crippen LogP contribution >= 0.6 is 0 Å². The number of halogens is 2. The summed E-state index contributed by atoms with van der Waals surface area (Å²) >= 11 is 0. The molecule has 0 spiro atoms. The summed E-state index contributed by atoms with van der Waals surface area (Å²) in [6, 6.07) is 10.2. The van der Waals surface area contributed by atoms with Crippen molar-refractivity contribution in [2.75, 3.05) is 26.7 Å². The number of nitrogens with one attached hydrogen (secondary N) is 2. The van der Waals surface area contributed by atoms with Crippen LogP contribution in [-0.4, -0.2) is 66.7 Å². The van der Waals surface area contributed by atoms with Gasteiger partial charge in [-0.1, -0.05) is 38.1 Å². The Morgan fingerprint density at radius 3 is 2.34 bits per heavy atom. The molecule has 38 heavy (non-hydrogen) atoms. The summed E-state index contributed by atoms with van der Waals surface area (Å²) in [6.07, 6.45) is -1.47. The monoisotopic (exact) mass is 531 g/mol. The fraction of sp³-hybridized carbons (Fsp3) is 0.464. The first-order chi connectivity index (χ1) is 17.9. The lowest BCUT2D eigenvalue weighted by Gasteiger charge is -2.51. The van der Waals surface area contributed by atoms with Gasteiger partial charge in [0.1, 0.15) is 18.1 Å². The quantitative estimate of drug-likeness (QED) is 0.304. The van der Waals surface area contributed by atoms with E-state index in [2.05, 4.69) is 29.2 Å². The minimum Gasteiger partial charge on any atom is -0.469 e. The van der Waals surface area contributed by atoms with Crippen molar-refractivity contribution in [3.05, 3.63) is 70.8 Å². The third-order valence-corrected chi connectivity index (χ3v) is 6.78. The molecule has 0 aromatic heterocycles. The van der Waals surface area contributed by atoms with Crippen molar-refractivity contribution in [3.63, 3.8) is 0 Å². The van der Waals surface area contributed by atoms with Crippen molar-refractivity contribution in [2.24, 2.45) is 0 Å². The maximum Gasteiger partial charge on any atom is 0.315 e. The van der Waals surface area contributed by atoms with Gasteiger partial charge in [0.25, 0.3) is 0 Å². The van der Waals surface area contributed by atoms with Gasteiger partial charge in [0.05, 0.1) is 24.8 Å². The Hall–Kier alpha value is -3.37. The SMILES string of the molecule is COC(=O)CC(=O)N1CC(NC[C@@H](O)[C@H](Cc2cc(F)cc(F)c2)NC(C)=O)(c2cccc(C(C)C)c2)C1. The summed E-state index contributed by atoms with van der Waals surface area (Å²) < 4.78 is 32.0. The molecule has 0 aliphatic carbocycles. The van der Waals surface area contributed by atoms with Crippen LogP contribution in [0.4, 0.5) is 8.78 Å². The number of likely N-dealkylation sites (tertiary alicyclic amines) is 1. The second-order valence-corrected chi connectivity index (χ2v) is 10.1. The molecule has 0 saturated carbocycles. The molecule has 1 saturated heterocycles. The lowest BCUT2D eigenvalue weighted by molar-refractivity contribution is -0.151. The number of hydrogen-bond acceptors (Lipinski definition) is 6. The number of aliphatic hydroxyl groups is 1. The topological polar surface area (TPSA) is 108 Å². The van der Waals surface area contributed by atoms with Crippen molar-refractivity contribution >= 4 is 17.8 Å². The number of carbonyl (C=O) groups is 3. The van der Waals surface area contributed by atoms with Gasteiger partial charge in [0, 0.05) is 32.6 Å². The molecule has 10 heteroatoms. The van der Waals surface area contributed by atoms with Crippen LogP contribution in [0.2, 0.25) is 0 Å². The maximum atomic E-state index is 13.7. The largest absolute Gasteiger partial charge is 0.469 e. The number of benzene rings is 2. The number of methoxy groups -OCH3 is 1. The molecule has 2 amide bonds. The predicted octanol–water partition coefficient (Wildman–Crippen LogP) is 2.39. The number of amides is 2. The second-order valence-electron chi connectivity index (χ2n) is 10.1. The number of ether oxygens (including phenoxy) is 1. The van der Waals surface area contributed by atoms with E-state index in [0.29, 0.717) is 5.56 Å². The normalized spacial score (nSPS) is 15.9. The van der Waals surface area contributed by atoms with Crippen LogP contribution in [0.1, 0.15) is 49.8 Å². The highest BCUT2D eigenvalue weighted by Gasteiger charge is 2.47. The van der Waals surface area contributed by atoms with E-state index < -0.39 is 41.2 Å². The van der Waals surface area contributed by atoms with Crippen LogP contribution in [0.3, 0.4) is 0 Å². The first kappa shape index (κ1) is 29.2. The number of esters is 1. The lowest BCUT2D eigenvalue weighted by Crippen LogP contribution is -2.69. The summed E-state index contributed by atoms with van der Waals surface area (Å²) in [5, 5.41) is 17.1. The highest BCUT2D eigenvalue weighted by atomic mass is 19.1. The van der Waals surface area contributed by atoms with Crippen molar-refractivity contribution in [2.45, 2.75) is 57.2 Å². The molecule has 3 rings (SSSR count). The van der Waals surface area contributed by atoms with E-state index in [1.165, 1.54) is 14.0 Å². The van der Waals surface area contributed by atoms with Gasteiger partial charge < -0.3 is 25.4 Å². The zero-order valence-electron chi connectivity index (χ0n) is 22.1. The molecule has 1 aliphatic rings. The molecule has 2 aromatic carbocycles. The molecule has 3 N–H and O–H groups in total. The molecule has 2 atom stereocenters. The van der Waals surface area contributed by atoms with Gasteiger partial charge in [-0.15, -0.1) is 0 Å². The van der Waals surface area contributed by atoms with Gasteiger partial charge in [0.2, 0.25) is 11.8 Å². The van der Waals surface area contributed by atoms with Crippen molar-refractivity contribution in [3.8, 4) is 0 Å². The third kappa shape index (κ3) is 7.35.